The van der Waals surface area contributed by atoms with E-state index in [1.165, 1.54) is 23.4 Å². The van der Waals surface area contributed by atoms with Gasteiger partial charge in [0, 0.05) is 11.0 Å². The fraction of sp³-hybridized carbons (Fsp3) is 0.316. The number of benzene rings is 2. The molecule has 130 valence electrons. The molecule has 0 saturated heterocycles. The molecule has 0 radical (unpaired) electrons. The van der Waals surface area contributed by atoms with Crippen LogP contribution in [0.3, 0.4) is 0 Å². The van der Waals surface area contributed by atoms with Crippen LogP contribution in [-0.4, -0.2) is 11.5 Å². The van der Waals surface area contributed by atoms with Crippen LogP contribution in [0.2, 0.25) is 0 Å². The second-order valence-electron chi connectivity index (χ2n) is 6.47. The smallest absolute Gasteiger partial charge is 0.288 e. The van der Waals surface area contributed by atoms with Gasteiger partial charge in [0.1, 0.15) is 17.4 Å². The number of rotatable bonds is 5. The molecule has 0 aromatic heterocycles. The van der Waals surface area contributed by atoms with Gasteiger partial charge in [0.15, 0.2) is 0 Å². The molecule has 0 aliphatic rings. The van der Waals surface area contributed by atoms with Crippen molar-refractivity contribution in [3.63, 3.8) is 0 Å². The molecule has 0 aliphatic heterocycles. The van der Waals surface area contributed by atoms with Crippen molar-refractivity contribution in [3.05, 3.63) is 57.6 Å². The molecule has 0 N–H and O–H groups in total. The maximum absolute atomic E-state index is 11.2. The van der Waals surface area contributed by atoms with Crippen molar-refractivity contribution in [2.45, 2.75) is 42.9 Å². The molecule has 5 nitrogen and oxygen atoms in total. The summed E-state index contributed by atoms with van der Waals surface area (Å²) in [5.41, 5.74) is 1.06. The quantitative estimate of drug-likeness (QED) is 0.536. The average molecular weight is 356 g/mol. The van der Waals surface area contributed by atoms with Gasteiger partial charge in [-0.15, -0.1) is 0 Å². The molecular weight excluding hydrogens is 336 g/mol. The van der Waals surface area contributed by atoms with E-state index in [0.717, 1.165) is 4.90 Å². The highest BCUT2D eigenvalue weighted by Crippen LogP contribution is 2.41. The van der Waals surface area contributed by atoms with Gasteiger partial charge >= 0.3 is 0 Å². The van der Waals surface area contributed by atoms with Crippen molar-refractivity contribution in [2.24, 2.45) is 0 Å². The first kappa shape index (κ1) is 18.8. The molecule has 2 aromatic rings. The highest BCUT2D eigenvalue weighted by atomic mass is 32.2. The molecule has 0 heterocycles. The topological polar surface area (TPSA) is 76.2 Å². The van der Waals surface area contributed by atoms with E-state index in [-0.39, 0.29) is 16.7 Å². The lowest BCUT2D eigenvalue weighted by Crippen LogP contribution is -2.10. The molecule has 0 bridgehead atoms. The Kier molecular flexibility index (Phi) is 5.70. The number of nitro groups is 1. The summed E-state index contributed by atoms with van der Waals surface area (Å²) in [6.45, 7) is 8.66. The Hall–Kier alpha value is -2.52. The van der Waals surface area contributed by atoms with Crippen LogP contribution < -0.4 is 4.74 Å². The number of hydrogen-bond donors (Lipinski definition) is 0. The molecule has 6 heteroatoms. The molecule has 2 aromatic carbocycles. The molecule has 0 aliphatic carbocycles. The van der Waals surface area contributed by atoms with E-state index >= 15 is 0 Å². The van der Waals surface area contributed by atoms with Crippen LogP contribution in [0, 0.1) is 21.4 Å². The van der Waals surface area contributed by atoms with Crippen LogP contribution in [0.5, 0.6) is 5.75 Å². The Balaban J connectivity index is 2.48. The number of nitro benzene ring substituents is 1. The van der Waals surface area contributed by atoms with Crippen molar-refractivity contribution < 1.29 is 9.66 Å². The standard InChI is InChI=1S/C19H20N2O3S/c1-5-24-17-11-10-16(21(22)23)15(12-20)18(17)25-14-8-6-13(7-9-14)19(2,3)4/h6-11H,5H2,1-4H3. The summed E-state index contributed by atoms with van der Waals surface area (Å²) < 4.78 is 5.57. The van der Waals surface area contributed by atoms with E-state index in [0.29, 0.717) is 17.3 Å². The third-order valence-electron chi connectivity index (χ3n) is 3.65. The minimum Gasteiger partial charge on any atom is -0.493 e. The Morgan fingerprint density at radius 3 is 2.32 bits per heavy atom. The normalized spacial score (nSPS) is 11.0. The maximum Gasteiger partial charge on any atom is 0.288 e. The third-order valence-corrected chi connectivity index (χ3v) is 4.77. The molecule has 0 atom stereocenters. The highest BCUT2D eigenvalue weighted by molar-refractivity contribution is 7.99. The van der Waals surface area contributed by atoms with Crippen LogP contribution >= 0.6 is 11.8 Å². The summed E-state index contributed by atoms with van der Waals surface area (Å²) in [5.74, 6) is 0.481. The molecule has 0 fully saturated rings. The highest BCUT2D eigenvalue weighted by Gasteiger charge is 2.23. The van der Waals surface area contributed by atoms with Crippen molar-refractivity contribution in [1.29, 1.82) is 5.26 Å². The predicted octanol–water partition coefficient (Wildman–Crippen LogP) is 5.31. The van der Waals surface area contributed by atoms with Gasteiger partial charge in [-0.1, -0.05) is 44.7 Å². The number of hydrogen-bond acceptors (Lipinski definition) is 5. The zero-order chi connectivity index (χ0) is 18.6. The first-order valence-corrected chi connectivity index (χ1v) is 8.72. The number of ether oxygens (including phenoxy) is 1. The van der Waals surface area contributed by atoms with E-state index in [2.05, 4.69) is 20.8 Å². The second-order valence-corrected chi connectivity index (χ2v) is 7.55. The summed E-state index contributed by atoms with van der Waals surface area (Å²) in [6, 6.07) is 12.8. The van der Waals surface area contributed by atoms with E-state index in [1.807, 2.05) is 37.3 Å². The molecule has 0 saturated carbocycles. The Labute approximate surface area is 151 Å². The lowest BCUT2D eigenvalue weighted by Gasteiger charge is -2.19. The van der Waals surface area contributed by atoms with Gasteiger partial charge in [0.05, 0.1) is 16.4 Å². The van der Waals surface area contributed by atoms with Gasteiger partial charge in [-0.25, -0.2) is 0 Å². The van der Waals surface area contributed by atoms with Gasteiger partial charge in [-0.05, 0) is 36.1 Å². The number of nitrogens with zero attached hydrogens (tertiary/aromatic N) is 2. The predicted molar refractivity (Wildman–Crippen MR) is 98.2 cm³/mol. The van der Waals surface area contributed by atoms with Crippen molar-refractivity contribution in [2.75, 3.05) is 6.61 Å². The number of nitriles is 1. The van der Waals surface area contributed by atoms with Crippen LogP contribution in [0.25, 0.3) is 0 Å². The first-order valence-electron chi connectivity index (χ1n) is 7.90. The van der Waals surface area contributed by atoms with Gasteiger partial charge in [0.25, 0.3) is 5.69 Å². The summed E-state index contributed by atoms with van der Waals surface area (Å²) in [5, 5.41) is 20.7. The van der Waals surface area contributed by atoms with Crippen molar-refractivity contribution in [1.82, 2.24) is 0 Å². The van der Waals surface area contributed by atoms with Crippen LogP contribution in [0.15, 0.2) is 46.2 Å². The largest absolute Gasteiger partial charge is 0.493 e. The van der Waals surface area contributed by atoms with Gasteiger partial charge in [-0.2, -0.15) is 5.26 Å². The van der Waals surface area contributed by atoms with E-state index < -0.39 is 4.92 Å². The van der Waals surface area contributed by atoms with Gasteiger partial charge < -0.3 is 4.74 Å². The minimum atomic E-state index is -0.541. The zero-order valence-corrected chi connectivity index (χ0v) is 15.5. The molecule has 0 amide bonds. The summed E-state index contributed by atoms with van der Waals surface area (Å²) >= 11 is 1.30. The van der Waals surface area contributed by atoms with Crippen LogP contribution in [0.4, 0.5) is 5.69 Å². The fourth-order valence-corrected chi connectivity index (χ4v) is 3.31. The first-order chi connectivity index (χ1) is 11.8. The molecular formula is C19H20N2O3S. The van der Waals surface area contributed by atoms with E-state index in [4.69, 9.17) is 4.74 Å². The van der Waals surface area contributed by atoms with E-state index in [1.54, 1.807) is 6.07 Å². The lowest BCUT2D eigenvalue weighted by atomic mass is 9.87. The van der Waals surface area contributed by atoms with Crippen LogP contribution in [-0.2, 0) is 5.41 Å². The monoisotopic (exact) mass is 356 g/mol. The summed E-state index contributed by atoms with van der Waals surface area (Å²) in [6.07, 6.45) is 0. The van der Waals surface area contributed by atoms with Crippen molar-refractivity contribution >= 4 is 17.4 Å². The van der Waals surface area contributed by atoms with Gasteiger partial charge in [-0.3, -0.25) is 10.1 Å². The summed E-state index contributed by atoms with van der Waals surface area (Å²) in [7, 11) is 0. The maximum atomic E-state index is 11.2. The Morgan fingerprint density at radius 1 is 1.20 bits per heavy atom. The lowest BCUT2D eigenvalue weighted by molar-refractivity contribution is -0.385. The molecule has 0 spiro atoms. The summed E-state index contributed by atoms with van der Waals surface area (Å²) in [4.78, 5) is 12.0. The molecule has 2 rings (SSSR count). The molecule has 25 heavy (non-hydrogen) atoms. The SMILES string of the molecule is CCOc1ccc([N+](=O)[O-])c(C#N)c1Sc1ccc(C(C)(C)C)cc1. The Bertz CT molecular complexity index is 818. The van der Waals surface area contributed by atoms with E-state index in [9.17, 15) is 15.4 Å². The fourth-order valence-electron chi connectivity index (χ4n) is 2.32. The average Bonchev–Trinajstić information content (AvgIpc) is 2.55. The van der Waals surface area contributed by atoms with Crippen molar-refractivity contribution in [3.8, 4) is 11.8 Å². The van der Waals surface area contributed by atoms with Gasteiger partial charge in [0.2, 0.25) is 0 Å². The van der Waals surface area contributed by atoms with Crippen LogP contribution in [0.1, 0.15) is 38.8 Å². The second kappa shape index (κ2) is 7.58. The minimum absolute atomic E-state index is 0.0286. The molecule has 0 unspecified atom stereocenters. The third kappa shape index (κ3) is 4.31. The zero-order valence-electron chi connectivity index (χ0n) is 14.7. The Morgan fingerprint density at radius 2 is 1.84 bits per heavy atom.